The van der Waals surface area contributed by atoms with Crippen molar-refractivity contribution in [2.45, 2.75) is 19.4 Å². The molecule has 0 spiro atoms. The first-order valence-electron chi connectivity index (χ1n) is 2.78. The Morgan fingerprint density at radius 1 is 1.56 bits per heavy atom. The van der Waals surface area contributed by atoms with Gasteiger partial charge in [-0.3, -0.25) is 10.1 Å². The van der Waals surface area contributed by atoms with Gasteiger partial charge >= 0.3 is 6.55 Å². The molecule has 0 aromatic carbocycles. The minimum absolute atomic E-state index is 0.126. The first kappa shape index (κ1) is 6.45. The summed E-state index contributed by atoms with van der Waals surface area (Å²) in [5.74, 6) is -0.635. The second-order valence-corrected chi connectivity index (χ2v) is 2.08. The maximum atomic E-state index is 11.3. The molecule has 1 saturated carbocycles. The van der Waals surface area contributed by atoms with E-state index in [-0.39, 0.29) is 5.92 Å². The van der Waals surface area contributed by atoms with Gasteiger partial charge in [0, 0.05) is 5.92 Å². The molecule has 4 heteroatoms. The monoisotopic (exact) mass is 135 g/mol. The maximum Gasteiger partial charge on any atom is 0.315 e. The highest BCUT2D eigenvalue weighted by Gasteiger charge is 2.30. The molecular weight excluding hydrogens is 128 g/mol. The molecule has 0 bridgehead atoms. The number of hydrogen-bond acceptors (Lipinski definition) is 1. The number of amides is 1. The van der Waals surface area contributed by atoms with E-state index in [0.29, 0.717) is 0 Å². The molecule has 0 saturated heterocycles. The molecule has 1 N–H and O–H groups in total. The fourth-order valence-electron chi connectivity index (χ4n) is 0.571. The molecule has 2 nitrogen and oxygen atoms in total. The zero-order valence-electron chi connectivity index (χ0n) is 4.73. The zero-order chi connectivity index (χ0) is 6.85. The van der Waals surface area contributed by atoms with E-state index in [4.69, 9.17) is 0 Å². The van der Waals surface area contributed by atoms with Crippen LogP contribution in [0.1, 0.15) is 12.8 Å². The van der Waals surface area contributed by atoms with Crippen LogP contribution in [0.3, 0.4) is 0 Å². The van der Waals surface area contributed by atoms with Gasteiger partial charge in [-0.15, -0.1) is 0 Å². The molecule has 0 aromatic rings. The van der Waals surface area contributed by atoms with Gasteiger partial charge in [0.15, 0.2) is 0 Å². The number of halogens is 2. The Morgan fingerprint density at radius 2 is 2.11 bits per heavy atom. The van der Waals surface area contributed by atoms with Gasteiger partial charge in [0.25, 0.3) is 0 Å². The third kappa shape index (κ3) is 1.95. The fourth-order valence-corrected chi connectivity index (χ4v) is 0.571. The number of carbonyl (C=O) groups excluding carboxylic acids is 1. The second-order valence-electron chi connectivity index (χ2n) is 2.08. The van der Waals surface area contributed by atoms with Crippen molar-refractivity contribution >= 4 is 5.91 Å². The van der Waals surface area contributed by atoms with Crippen molar-refractivity contribution in [3.05, 3.63) is 0 Å². The SMILES string of the molecule is O=C(NC(F)F)C1CC1. The molecule has 1 rings (SSSR count). The van der Waals surface area contributed by atoms with Crippen LogP contribution in [-0.2, 0) is 4.79 Å². The van der Waals surface area contributed by atoms with E-state index in [1.807, 2.05) is 0 Å². The van der Waals surface area contributed by atoms with E-state index in [2.05, 4.69) is 0 Å². The number of rotatable bonds is 2. The fraction of sp³-hybridized carbons (Fsp3) is 0.800. The van der Waals surface area contributed by atoms with Gasteiger partial charge in [0.05, 0.1) is 0 Å². The molecule has 1 fully saturated rings. The molecule has 1 aliphatic carbocycles. The lowest BCUT2D eigenvalue weighted by Crippen LogP contribution is -2.29. The lowest BCUT2D eigenvalue weighted by molar-refractivity contribution is -0.126. The summed E-state index contributed by atoms with van der Waals surface area (Å²) in [6, 6.07) is 0. The maximum absolute atomic E-state index is 11.3. The molecule has 52 valence electrons. The van der Waals surface area contributed by atoms with Gasteiger partial charge in [0.2, 0.25) is 5.91 Å². The number of nitrogens with one attached hydrogen (secondary N) is 1. The van der Waals surface area contributed by atoms with Crippen molar-refractivity contribution in [1.29, 1.82) is 0 Å². The van der Waals surface area contributed by atoms with Gasteiger partial charge in [-0.1, -0.05) is 0 Å². The molecular formula is C5H7F2NO. The minimum Gasteiger partial charge on any atom is -0.300 e. The standard InChI is InChI=1S/C5H7F2NO/c6-5(7)8-4(9)3-1-2-3/h3,5H,1-2H2,(H,8,9). The average Bonchev–Trinajstić information content (AvgIpc) is 2.40. The van der Waals surface area contributed by atoms with E-state index < -0.39 is 12.5 Å². The first-order valence-corrected chi connectivity index (χ1v) is 2.78. The van der Waals surface area contributed by atoms with Crippen molar-refractivity contribution in [3.8, 4) is 0 Å². The Morgan fingerprint density at radius 3 is 2.44 bits per heavy atom. The average molecular weight is 135 g/mol. The Kier molecular flexibility index (Phi) is 1.64. The predicted octanol–water partition coefficient (Wildman–Crippen LogP) is 0.735. The molecule has 0 unspecified atom stereocenters. The van der Waals surface area contributed by atoms with Crippen LogP contribution in [0.25, 0.3) is 0 Å². The number of hydrogen-bond donors (Lipinski definition) is 1. The highest BCUT2D eigenvalue weighted by Crippen LogP contribution is 2.28. The van der Waals surface area contributed by atoms with Gasteiger partial charge < -0.3 is 0 Å². The molecule has 0 atom stereocenters. The van der Waals surface area contributed by atoms with Crippen LogP contribution < -0.4 is 5.32 Å². The van der Waals surface area contributed by atoms with Crippen molar-refractivity contribution in [1.82, 2.24) is 5.32 Å². The number of carbonyl (C=O) groups is 1. The van der Waals surface area contributed by atoms with Gasteiger partial charge in [-0.05, 0) is 12.8 Å². The third-order valence-corrected chi connectivity index (χ3v) is 1.20. The molecule has 0 radical (unpaired) electrons. The Hall–Kier alpha value is -0.670. The van der Waals surface area contributed by atoms with Gasteiger partial charge in [-0.2, -0.15) is 8.78 Å². The third-order valence-electron chi connectivity index (χ3n) is 1.20. The van der Waals surface area contributed by atoms with E-state index in [9.17, 15) is 13.6 Å². The molecule has 1 amide bonds. The summed E-state index contributed by atoms with van der Waals surface area (Å²) in [5.41, 5.74) is 0. The largest absolute Gasteiger partial charge is 0.315 e. The summed E-state index contributed by atoms with van der Waals surface area (Å²) < 4.78 is 22.7. The van der Waals surface area contributed by atoms with Gasteiger partial charge in [-0.25, -0.2) is 0 Å². The van der Waals surface area contributed by atoms with Crippen molar-refractivity contribution < 1.29 is 13.6 Å². The Balaban J connectivity index is 2.18. The number of alkyl halides is 2. The van der Waals surface area contributed by atoms with Crippen LogP contribution in [0.15, 0.2) is 0 Å². The lowest BCUT2D eigenvalue weighted by Gasteiger charge is -1.99. The highest BCUT2D eigenvalue weighted by atomic mass is 19.3. The summed E-state index contributed by atoms with van der Waals surface area (Å²) in [7, 11) is 0. The molecule has 1 aliphatic rings. The highest BCUT2D eigenvalue weighted by molar-refractivity contribution is 5.80. The summed E-state index contributed by atoms with van der Waals surface area (Å²) in [6.45, 7) is -2.70. The zero-order valence-corrected chi connectivity index (χ0v) is 4.73. The molecule has 0 aromatic heterocycles. The smallest absolute Gasteiger partial charge is 0.300 e. The van der Waals surface area contributed by atoms with E-state index in [1.165, 1.54) is 5.32 Å². The van der Waals surface area contributed by atoms with Crippen molar-refractivity contribution in [3.63, 3.8) is 0 Å². The van der Waals surface area contributed by atoms with Crippen LogP contribution in [0.5, 0.6) is 0 Å². The normalized spacial score (nSPS) is 18.1. The lowest BCUT2D eigenvalue weighted by atomic mass is 10.4. The summed E-state index contributed by atoms with van der Waals surface area (Å²) in [6.07, 6.45) is 1.52. The van der Waals surface area contributed by atoms with Crippen molar-refractivity contribution in [2.24, 2.45) is 5.92 Å². The van der Waals surface area contributed by atoms with Crippen LogP contribution in [0.4, 0.5) is 8.78 Å². The summed E-state index contributed by atoms with van der Waals surface area (Å²) in [5, 5.41) is 1.53. The topological polar surface area (TPSA) is 29.1 Å². The molecule has 0 aliphatic heterocycles. The summed E-state index contributed by atoms with van der Waals surface area (Å²) in [4.78, 5) is 10.4. The minimum atomic E-state index is -2.70. The Bertz CT molecular complexity index is 122. The summed E-state index contributed by atoms with van der Waals surface area (Å²) >= 11 is 0. The second kappa shape index (κ2) is 2.29. The van der Waals surface area contributed by atoms with Crippen LogP contribution in [-0.4, -0.2) is 12.5 Å². The van der Waals surface area contributed by atoms with Crippen LogP contribution in [0.2, 0.25) is 0 Å². The predicted molar refractivity (Wildman–Crippen MR) is 26.9 cm³/mol. The quantitative estimate of drug-likeness (QED) is 0.556. The first-order chi connectivity index (χ1) is 4.20. The van der Waals surface area contributed by atoms with E-state index in [0.717, 1.165) is 12.8 Å². The van der Waals surface area contributed by atoms with E-state index in [1.54, 1.807) is 0 Å². The van der Waals surface area contributed by atoms with Gasteiger partial charge in [0.1, 0.15) is 0 Å². The van der Waals surface area contributed by atoms with Crippen LogP contribution in [0, 0.1) is 5.92 Å². The van der Waals surface area contributed by atoms with E-state index >= 15 is 0 Å². The Labute approximate surface area is 51.2 Å². The van der Waals surface area contributed by atoms with Crippen molar-refractivity contribution in [2.75, 3.05) is 0 Å². The molecule has 9 heavy (non-hydrogen) atoms. The molecule has 0 heterocycles. The van der Waals surface area contributed by atoms with Crippen LogP contribution >= 0.6 is 0 Å².